The van der Waals surface area contributed by atoms with Crippen molar-refractivity contribution in [2.75, 3.05) is 29.9 Å². The Hall–Kier alpha value is -1.81. The number of carbonyl (C=O) groups is 1. The van der Waals surface area contributed by atoms with Crippen molar-refractivity contribution in [2.24, 2.45) is 5.92 Å². The van der Waals surface area contributed by atoms with Crippen LogP contribution in [0.2, 0.25) is 0 Å². The first-order chi connectivity index (χ1) is 10.7. The summed E-state index contributed by atoms with van der Waals surface area (Å²) in [5, 5.41) is 13.7. The number of amides is 1. The summed E-state index contributed by atoms with van der Waals surface area (Å²) in [4.78, 5) is 20.7. The van der Waals surface area contributed by atoms with Gasteiger partial charge in [0.25, 0.3) is 0 Å². The smallest absolute Gasteiger partial charge is 0.231 e. The molecule has 2 atom stereocenters. The summed E-state index contributed by atoms with van der Waals surface area (Å²) in [5.41, 5.74) is 0. The molecule has 2 aliphatic heterocycles. The lowest BCUT2D eigenvalue weighted by Crippen LogP contribution is -2.28. The van der Waals surface area contributed by atoms with E-state index in [1.807, 2.05) is 13.1 Å². The number of nitriles is 1. The summed E-state index contributed by atoms with van der Waals surface area (Å²) in [6, 6.07) is 0.140. The molecule has 1 amide bonds. The highest BCUT2D eigenvalue weighted by Gasteiger charge is 2.33. The molecule has 1 N–H and O–H groups in total. The van der Waals surface area contributed by atoms with Gasteiger partial charge < -0.3 is 15.1 Å². The minimum Gasteiger partial charge on any atom is -0.362 e. The fourth-order valence-corrected chi connectivity index (χ4v) is 4.02. The number of nitrogens with one attached hydrogen (secondary N) is 1. The molecular formula is C15H21N5OS. The Bertz CT molecular complexity index is 575. The Morgan fingerprint density at radius 1 is 1.45 bits per heavy atom. The van der Waals surface area contributed by atoms with E-state index in [1.165, 1.54) is 30.6 Å². The van der Waals surface area contributed by atoms with Gasteiger partial charge in [-0.1, -0.05) is 11.3 Å². The first-order valence-corrected chi connectivity index (χ1v) is 8.67. The van der Waals surface area contributed by atoms with E-state index in [-0.39, 0.29) is 17.9 Å². The van der Waals surface area contributed by atoms with Crippen molar-refractivity contribution >= 4 is 27.4 Å². The molecule has 2 aliphatic rings. The van der Waals surface area contributed by atoms with E-state index >= 15 is 0 Å². The summed E-state index contributed by atoms with van der Waals surface area (Å²) in [6.45, 7) is 4.64. The van der Waals surface area contributed by atoms with Crippen LogP contribution in [-0.4, -0.2) is 41.5 Å². The topological polar surface area (TPSA) is 72.3 Å². The first kappa shape index (κ1) is 15.1. The Morgan fingerprint density at radius 2 is 2.23 bits per heavy atom. The average molecular weight is 319 g/mol. The Kier molecular flexibility index (Phi) is 4.48. The molecule has 3 rings (SSSR count). The zero-order valence-electron chi connectivity index (χ0n) is 12.8. The van der Waals surface area contributed by atoms with Gasteiger partial charge in [-0.3, -0.25) is 4.79 Å². The van der Waals surface area contributed by atoms with E-state index in [0.29, 0.717) is 11.7 Å². The Balaban J connectivity index is 1.58. The number of thiazole rings is 1. The van der Waals surface area contributed by atoms with Crippen molar-refractivity contribution < 1.29 is 4.79 Å². The highest BCUT2D eigenvalue weighted by Crippen LogP contribution is 2.30. The number of hydrogen-bond donors (Lipinski definition) is 1. The molecule has 0 saturated carbocycles. The van der Waals surface area contributed by atoms with Crippen LogP contribution in [0.25, 0.3) is 0 Å². The van der Waals surface area contributed by atoms with Crippen LogP contribution in [0.3, 0.4) is 0 Å². The third kappa shape index (κ3) is 3.17. The molecule has 0 aliphatic carbocycles. The largest absolute Gasteiger partial charge is 0.362 e. The number of nitrogens with zero attached hydrogens (tertiary/aromatic N) is 4. The SMILES string of the molecule is CC1CC(C(=O)Nc2ncc(N3CCCCC3)s2)CN1C#N. The molecule has 0 spiro atoms. The van der Waals surface area contributed by atoms with Crippen LogP contribution >= 0.6 is 11.3 Å². The van der Waals surface area contributed by atoms with E-state index in [0.717, 1.165) is 24.5 Å². The molecule has 22 heavy (non-hydrogen) atoms. The quantitative estimate of drug-likeness (QED) is 0.865. The third-order valence-electron chi connectivity index (χ3n) is 4.47. The fourth-order valence-electron chi connectivity index (χ4n) is 3.15. The van der Waals surface area contributed by atoms with Gasteiger partial charge in [-0.05, 0) is 32.6 Å². The van der Waals surface area contributed by atoms with Crippen LogP contribution in [0, 0.1) is 17.4 Å². The monoisotopic (exact) mass is 319 g/mol. The van der Waals surface area contributed by atoms with E-state index in [4.69, 9.17) is 5.26 Å². The number of piperidine rings is 1. The van der Waals surface area contributed by atoms with E-state index < -0.39 is 0 Å². The molecule has 2 saturated heterocycles. The van der Waals surface area contributed by atoms with E-state index in [2.05, 4.69) is 21.4 Å². The number of aromatic nitrogens is 1. The second kappa shape index (κ2) is 6.53. The molecule has 2 fully saturated rings. The fraction of sp³-hybridized carbons (Fsp3) is 0.667. The molecule has 0 aromatic carbocycles. The summed E-state index contributed by atoms with van der Waals surface area (Å²) >= 11 is 1.54. The number of anilines is 2. The van der Waals surface area contributed by atoms with Crippen LogP contribution < -0.4 is 10.2 Å². The van der Waals surface area contributed by atoms with Crippen molar-refractivity contribution in [3.63, 3.8) is 0 Å². The highest BCUT2D eigenvalue weighted by atomic mass is 32.1. The summed E-state index contributed by atoms with van der Waals surface area (Å²) < 4.78 is 0. The van der Waals surface area contributed by atoms with E-state index in [1.54, 1.807) is 4.90 Å². The van der Waals surface area contributed by atoms with E-state index in [9.17, 15) is 4.79 Å². The molecule has 7 heteroatoms. The lowest BCUT2D eigenvalue weighted by molar-refractivity contribution is -0.119. The molecule has 1 aromatic rings. The summed E-state index contributed by atoms with van der Waals surface area (Å²) in [6.07, 6.45) is 8.47. The molecule has 118 valence electrons. The van der Waals surface area contributed by atoms with Crippen LogP contribution in [0.4, 0.5) is 10.1 Å². The zero-order valence-corrected chi connectivity index (χ0v) is 13.6. The van der Waals surface area contributed by atoms with Gasteiger partial charge in [-0.2, -0.15) is 5.26 Å². The van der Waals surface area contributed by atoms with Crippen molar-refractivity contribution in [3.8, 4) is 6.19 Å². The standard InChI is InChI=1S/C15H21N5OS/c1-11-7-12(9-20(11)10-16)14(21)18-15-17-8-13(22-15)19-5-3-2-4-6-19/h8,11-12H,2-7,9H2,1H3,(H,17,18,21). The molecule has 0 bridgehead atoms. The van der Waals surface area contributed by atoms with Crippen molar-refractivity contribution in [2.45, 2.75) is 38.6 Å². The van der Waals surface area contributed by atoms with Crippen molar-refractivity contribution in [3.05, 3.63) is 6.20 Å². The Morgan fingerprint density at radius 3 is 2.91 bits per heavy atom. The maximum atomic E-state index is 12.3. The normalized spacial score (nSPS) is 25.1. The molecular weight excluding hydrogens is 298 g/mol. The second-order valence-corrected chi connectivity index (χ2v) is 7.08. The van der Waals surface area contributed by atoms with Crippen molar-refractivity contribution in [1.29, 1.82) is 5.26 Å². The molecule has 0 radical (unpaired) electrons. The van der Waals surface area contributed by atoms with Crippen LogP contribution in [-0.2, 0) is 4.79 Å². The first-order valence-electron chi connectivity index (χ1n) is 7.85. The van der Waals surface area contributed by atoms with Gasteiger partial charge in [0.05, 0.1) is 12.1 Å². The molecule has 3 heterocycles. The lowest BCUT2D eigenvalue weighted by Gasteiger charge is -2.26. The second-order valence-electron chi connectivity index (χ2n) is 6.07. The maximum absolute atomic E-state index is 12.3. The van der Waals surface area contributed by atoms with Gasteiger partial charge >= 0.3 is 0 Å². The van der Waals surface area contributed by atoms with Crippen LogP contribution in [0.5, 0.6) is 0 Å². The van der Waals surface area contributed by atoms with Gasteiger partial charge in [0.15, 0.2) is 11.3 Å². The predicted octanol–water partition coefficient (Wildman–Crippen LogP) is 2.26. The van der Waals surface area contributed by atoms with Gasteiger partial charge in [0, 0.05) is 25.7 Å². The number of likely N-dealkylation sites (tertiary alicyclic amines) is 1. The molecule has 1 aromatic heterocycles. The molecule has 2 unspecified atom stereocenters. The highest BCUT2D eigenvalue weighted by molar-refractivity contribution is 7.19. The van der Waals surface area contributed by atoms with Gasteiger partial charge in [-0.25, -0.2) is 4.98 Å². The summed E-state index contributed by atoms with van der Waals surface area (Å²) in [5.74, 6) is -0.152. The van der Waals surface area contributed by atoms with Crippen molar-refractivity contribution in [1.82, 2.24) is 9.88 Å². The minimum atomic E-state index is -0.128. The lowest BCUT2D eigenvalue weighted by atomic mass is 10.1. The van der Waals surface area contributed by atoms with Crippen LogP contribution in [0.1, 0.15) is 32.6 Å². The number of hydrogen-bond acceptors (Lipinski definition) is 6. The van der Waals surface area contributed by atoms with Gasteiger partial charge in [0.1, 0.15) is 5.00 Å². The van der Waals surface area contributed by atoms with Gasteiger partial charge in [0.2, 0.25) is 5.91 Å². The predicted molar refractivity (Wildman–Crippen MR) is 86.7 cm³/mol. The van der Waals surface area contributed by atoms with Gasteiger partial charge in [-0.15, -0.1) is 0 Å². The maximum Gasteiger partial charge on any atom is 0.231 e. The molecule has 6 nitrogen and oxygen atoms in total. The average Bonchev–Trinajstić information content (AvgIpc) is 3.14. The summed E-state index contributed by atoms with van der Waals surface area (Å²) in [7, 11) is 0. The number of rotatable bonds is 3. The third-order valence-corrected chi connectivity index (χ3v) is 5.44. The Labute approximate surface area is 134 Å². The van der Waals surface area contributed by atoms with Crippen LogP contribution in [0.15, 0.2) is 6.20 Å². The minimum absolute atomic E-state index is 0.0239. The number of carbonyl (C=O) groups excluding carboxylic acids is 1. The zero-order chi connectivity index (χ0) is 15.5.